The summed E-state index contributed by atoms with van der Waals surface area (Å²) in [4.78, 5) is 7.00. The van der Waals surface area contributed by atoms with Crippen LogP contribution in [0.2, 0.25) is 0 Å². The first-order valence-corrected chi connectivity index (χ1v) is 9.20. The van der Waals surface area contributed by atoms with Crippen molar-refractivity contribution in [1.29, 1.82) is 0 Å². The molecule has 1 aliphatic heterocycles. The average Bonchev–Trinajstić information content (AvgIpc) is 3.10. The van der Waals surface area contributed by atoms with Crippen LogP contribution in [0.5, 0.6) is 5.75 Å². The van der Waals surface area contributed by atoms with E-state index in [-0.39, 0.29) is 0 Å². The number of benzene rings is 1. The Morgan fingerprint density at radius 2 is 2.12 bits per heavy atom. The maximum atomic E-state index is 6.08. The van der Waals surface area contributed by atoms with Crippen LogP contribution in [0.25, 0.3) is 0 Å². The normalized spacial score (nSPS) is 22.6. The summed E-state index contributed by atoms with van der Waals surface area (Å²) in [7, 11) is 1.71. The van der Waals surface area contributed by atoms with E-state index in [1.165, 1.54) is 37.8 Å². The fourth-order valence-corrected chi connectivity index (χ4v) is 3.75. The molecule has 5 heteroatoms. The van der Waals surface area contributed by atoms with Crippen LogP contribution in [-0.2, 0) is 0 Å². The summed E-state index contributed by atoms with van der Waals surface area (Å²) in [6.07, 6.45) is 7.59. The van der Waals surface area contributed by atoms with Gasteiger partial charge < -0.3 is 20.7 Å². The largest absolute Gasteiger partial charge is 0.497 e. The summed E-state index contributed by atoms with van der Waals surface area (Å²) in [5.41, 5.74) is 7.31. The Morgan fingerprint density at radius 1 is 1.29 bits per heavy atom. The van der Waals surface area contributed by atoms with E-state index >= 15 is 0 Å². The Bertz CT molecular complexity index is 554. The monoisotopic (exact) mass is 330 g/mol. The summed E-state index contributed by atoms with van der Waals surface area (Å²) < 4.78 is 5.32. The minimum absolute atomic E-state index is 0.527. The van der Waals surface area contributed by atoms with Gasteiger partial charge in [-0.05, 0) is 37.3 Å². The number of nitrogens with zero attached hydrogens (tertiary/aromatic N) is 2. The number of ether oxygens (including phenoxy) is 1. The molecule has 3 rings (SSSR count). The number of nitrogens with two attached hydrogens (primary N) is 1. The number of guanidine groups is 1. The Balaban J connectivity index is 1.47. The van der Waals surface area contributed by atoms with Crippen molar-refractivity contribution in [2.45, 2.75) is 44.6 Å². The van der Waals surface area contributed by atoms with Gasteiger partial charge in [-0.15, -0.1) is 0 Å². The SMILES string of the molecule is COc1cccc(N2CCC(CN=C(N)NC3CCCCC3)C2)c1. The van der Waals surface area contributed by atoms with Crippen LogP contribution in [0, 0.1) is 5.92 Å². The molecule has 1 aromatic rings. The van der Waals surface area contributed by atoms with Gasteiger partial charge in [-0.3, -0.25) is 4.99 Å². The number of hydrogen-bond acceptors (Lipinski definition) is 3. The van der Waals surface area contributed by atoms with Gasteiger partial charge in [0.25, 0.3) is 0 Å². The Hall–Kier alpha value is -1.91. The molecule has 0 spiro atoms. The zero-order valence-corrected chi connectivity index (χ0v) is 14.7. The molecule has 2 aliphatic rings. The zero-order chi connectivity index (χ0) is 16.8. The quantitative estimate of drug-likeness (QED) is 0.644. The van der Waals surface area contributed by atoms with Gasteiger partial charge in [-0.1, -0.05) is 25.3 Å². The van der Waals surface area contributed by atoms with Crippen molar-refractivity contribution in [3.8, 4) is 5.75 Å². The lowest BCUT2D eigenvalue weighted by Crippen LogP contribution is -2.41. The standard InChI is InChI=1S/C19H30N4O/c1-24-18-9-5-8-17(12-18)23-11-10-15(14-23)13-21-19(20)22-16-6-3-2-4-7-16/h5,8-9,12,15-16H,2-4,6-7,10-11,13-14H2,1H3,(H3,20,21,22). The van der Waals surface area contributed by atoms with Crippen LogP contribution in [0.4, 0.5) is 5.69 Å². The van der Waals surface area contributed by atoms with E-state index in [1.807, 2.05) is 12.1 Å². The van der Waals surface area contributed by atoms with Gasteiger partial charge >= 0.3 is 0 Å². The van der Waals surface area contributed by atoms with Gasteiger partial charge in [0.15, 0.2) is 5.96 Å². The molecule has 3 N–H and O–H groups in total. The first kappa shape index (κ1) is 16.9. The first-order valence-electron chi connectivity index (χ1n) is 9.20. The molecule has 5 nitrogen and oxygen atoms in total. The summed E-state index contributed by atoms with van der Waals surface area (Å²) >= 11 is 0. The van der Waals surface area contributed by atoms with E-state index < -0.39 is 0 Å². The van der Waals surface area contributed by atoms with Gasteiger partial charge in [-0.25, -0.2) is 0 Å². The third-order valence-electron chi connectivity index (χ3n) is 5.18. The van der Waals surface area contributed by atoms with Crippen molar-refractivity contribution in [1.82, 2.24) is 5.32 Å². The third-order valence-corrected chi connectivity index (χ3v) is 5.18. The summed E-state index contributed by atoms with van der Waals surface area (Å²) in [6.45, 7) is 2.92. The molecule has 1 saturated carbocycles. The third kappa shape index (κ3) is 4.56. The molecule has 1 aliphatic carbocycles. The first-order chi connectivity index (χ1) is 11.7. The van der Waals surface area contributed by atoms with E-state index in [9.17, 15) is 0 Å². The number of nitrogens with one attached hydrogen (secondary N) is 1. The molecule has 1 atom stereocenters. The lowest BCUT2D eigenvalue weighted by Gasteiger charge is -2.23. The predicted octanol–water partition coefficient (Wildman–Crippen LogP) is 2.76. The van der Waals surface area contributed by atoms with Crippen LogP contribution in [-0.4, -0.2) is 38.7 Å². The highest BCUT2D eigenvalue weighted by Gasteiger charge is 2.23. The van der Waals surface area contributed by atoms with E-state index in [1.54, 1.807) is 7.11 Å². The maximum Gasteiger partial charge on any atom is 0.188 e. The van der Waals surface area contributed by atoms with Crippen molar-refractivity contribution in [2.24, 2.45) is 16.6 Å². The molecule has 1 aromatic carbocycles. The Labute approximate surface area is 145 Å². The average molecular weight is 330 g/mol. The fraction of sp³-hybridized carbons (Fsp3) is 0.632. The van der Waals surface area contributed by atoms with Crippen molar-refractivity contribution < 1.29 is 4.74 Å². The van der Waals surface area contributed by atoms with Gasteiger partial charge in [0.1, 0.15) is 5.75 Å². The fourth-order valence-electron chi connectivity index (χ4n) is 3.75. The molecule has 1 saturated heterocycles. The summed E-state index contributed by atoms with van der Waals surface area (Å²) in [5.74, 6) is 2.11. The number of aliphatic imine (C=N–C) groups is 1. The van der Waals surface area contributed by atoms with Gasteiger partial charge in [0, 0.05) is 37.4 Å². The molecule has 0 radical (unpaired) electrons. The smallest absolute Gasteiger partial charge is 0.188 e. The molecular weight excluding hydrogens is 300 g/mol. The second-order valence-corrected chi connectivity index (χ2v) is 7.01. The maximum absolute atomic E-state index is 6.08. The molecule has 24 heavy (non-hydrogen) atoms. The van der Waals surface area contributed by atoms with Crippen molar-refractivity contribution in [3.63, 3.8) is 0 Å². The van der Waals surface area contributed by atoms with E-state index in [0.29, 0.717) is 17.9 Å². The van der Waals surface area contributed by atoms with Crippen LogP contribution in [0.15, 0.2) is 29.3 Å². The highest BCUT2D eigenvalue weighted by Crippen LogP contribution is 2.27. The summed E-state index contributed by atoms with van der Waals surface area (Å²) in [5, 5.41) is 3.40. The lowest BCUT2D eigenvalue weighted by atomic mass is 9.96. The number of hydrogen-bond donors (Lipinski definition) is 2. The number of rotatable bonds is 5. The molecule has 0 bridgehead atoms. The Morgan fingerprint density at radius 3 is 2.92 bits per heavy atom. The van der Waals surface area contributed by atoms with E-state index in [0.717, 1.165) is 31.8 Å². The number of methoxy groups -OCH3 is 1. The van der Waals surface area contributed by atoms with Crippen LogP contribution in [0.1, 0.15) is 38.5 Å². The molecule has 0 amide bonds. The Kier molecular flexibility index (Phi) is 5.83. The molecule has 1 heterocycles. The minimum Gasteiger partial charge on any atom is -0.497 e. The van der Waals surface area contributed by atoms with Crippen LogP contribution < -0.4 is 20.7 Å². The molecule has 0 aromatic heterocycles. The van der Waals surface area contributed by atoms with Crippen LogP contribution >= 0.6 is 0 Å². The van der Waals surface area contributed by atoms with Crippen molar-refractivity contribution in [3.05, 3.63) is 24.3 Å². The minimum atomic E-state index is 0.527. The van der Waals surface area contributed by atoms with Gasteiger partial charge in [0.2, 0.25) is 0 Å². The summed E-state index contributed by atoms with van der Waals surface area (Å²) in [6, 6.07) is 8.81. The van der Waals surface area contributed by atoms with Crippen molar-refractivity contribution >= 4 is 11.6 Å². The second-order valence-electron chi connectivity index (χ2n) is 7.01. The molecule has 2 fully saturated rings. The zero-order valence-electron chi connectivity index (χ0n) is 14.7. The molecule has 1 unspecified atom stereocenters. The molecule has 132 valence electrons. The predicted molar refractivity (Wildman–Crippen MR) is 99.8 cm³/mol. The van der Waals surface area contributed by atoms with E-state index in [2.05, 4.69) is 27.3 Å². The van der Waals surface area contributed by atoms with E-state index in [4.69, 9.17) is 10.5 Å². The van der Waals surface area contributed by atoms with Gasteiger partial charge in [-0.2, -0.15) is 0 Å². The highest BCUT2D eigenvalue weighted by atomic mass is 16.5. The topological polar surface area (TPSA) is 62.9 Å². The van der Waals surface area contributed by atoms with Crippen molar-refractivity contribution in [2.75, 3.05) is 31.6 Å². The number of anilines is 1. The lowest BCUT2D eigenvalue weighted by molar-refractivity contribution is 0.412. The van der Waals surface area contributed by atoms with Gasteiger partial charge in [0.05, 0.1) is 7.11 Å². The highest BCUT2D eigenvalue weighted by molar-refractivity contribution is 5.78. The molecular formula is C19H30N4O. The van der Waals surface area contributed by atoms with Crippen LogP contribution in [0.3, 0.4) is 0 Å². The second kappa shape index (κ2) is 8.27.